The zero-order chi connectivity index (χ0) is 17.9. The van der Waals surface area contributed by atoms with Gasteiger partial charge in [0.15, 0.2) is 11.5 Å². The lowest BCUT2D eigenvalue weighted by Crippen LogP contribution is -2.11. The number of amides is 1. The minimum atomic E-state index is -0.412. The minimum Gasteiger partial charge on any atom is -0.355 e. The second-order valence-corrected chi connectivity index (χ2v) is 6.73. The highest BCUT2D eigenvalue weighted by Crippen LogP contribution is 2.27. The van der Waals surface area contributed by atoms with Crippen LogP contribution in [-0.2, 0) is 0 Å². The van der Waals surface area contributed by atoms with Crippen molar-refractivity contribution in [3.63, 3.8) is 0 Å². The molecule has 0 saturated heterocycles. The number of hydrogen-bond donors (Lipinski definition) is 1. The third-order valence-electron chi connectivity index (χ3n) is 3.54. The number of carbonyl (C=O) groups excluding carboxylic acids is 1. The monoisotopic (exact) mass is 382 g/mol. The number of aromatic nitrogens is 3. The van der Waals surface area contributed by atoms with E-state index >= 15 is 0 Å². The Morgan fingerprint density at radius 1 is 1.00 bits per heavy atom. The number of nitrogens with zero attached hydrogens (tertiary/aromatic N) is 3. The van der Waals surface area contributed by atoms with Gasteiger partial charge in [0.25, 0.3) is 5.91 Å². The summed E-state index contributed by atoms with van der Waals surface area (Å²) < 4.78 is 5.24. The smallest absolute Gasteiger partial charge is 0.279 e. The molecule has 0 spiro atoms. The van der Waals surface area contributed by atoms with Gasteiger partial charge in [0.1, 0.15) is 5.01 Å². The van der Waals surface area contributed by atoms with E-state index in [9.17, 15) is 4.79 Å². The maximum absolute atomic E-state index is 12.3. The Hall–Kier alpha value is -3.03. The van der Waals surface area contributed by atoms with Gasteiger partial charge in [-0.2, -0.15) is 0 Å². The predicted octanol–water partition coefficient (Wildman–Crippen LogP) is 4.77. The van der Waals surface area contributed by atoms with Gasteiger partial charge >= 0.3 is 0 Å². The maximum Gasteiger partial charge on any atom is 0.279 e. The molecule has 2 heterocycles. The molecule has 1 N–H and O–H groups in total. The molecule has 0 unspecified atom stereocenters. The van der Waals surface area contributed by atoms with Crippen LogP contribution in [0.4, 0.5) is 5.13 Å². The average molecular weight is 383 g/mol. The summed E-state index contributed by atoms with van der Waals surface area (Å²) in [7, 11) is 0. The van der Waals surface area contributed by atoms with Crippen molar-refractivity contribution >= 4 is 34.0 Å². The Morgan fingerprint density at radius 2 is 1.77 bits per heavy atom. The van der Waals surface area contributed by atoms with Gasteiger partial charge in [0.05, 0.1) is 0 Å². The molecule has 1 amide bonds. The van der Waals surface area contributed by atoms with E-state index in [1.54, 1.807) is 30.3 Å². The van der Waals surface area contributed by atoms with E-state index in [-0.39, 0.29) is 5.69 Å². The minimum absolute atomic E-state index is 0.159. The molecule has 0 radical (unpaired) electrons. The second kappa shape index (κ2) is 7.07. The van der Waals surface area contributed by atoms with Gasteiger partial charge in [-0.05, 0) is 24.3 Å². The molecular weight excluding hydrogens is 372 g/mol. The van der Waals surface area contributed by atoms with E-state index in [4.69, 9.17) is 16.1 Å². The number of hydrogen-bond acceptors (Lipinski definition) is 6. The molecular formula is C18H11ClN4O2S. The van der Waals surface area contributed by atoms with E-state index in [0.29, 0.717) is 15.9 Å². The van der Waals surface area contributed by atoms with Gasteiger partial charge < -0.3 is 4.52 Å². The lowest BCUT2D eigenvalue weighted by molar-refractivity contribution is 0.101. The third kappa shape index (κ3) is 3.49. The molecule has 26 heavy (non-hydrogen) atoms. The number of carbonyl (C=O) groups is 1. The van der Waals surface area contributed by atoms with Gasteiger partial charge in [0, 0.05) is 22.2 Å². The zero-order valence-electron chi connectivity index (χ0n) is 13.2. The molecule has 0 aliphatic carbocycles. The van der Waals surface area contributed by atoms with Crippen LogP contribution in [-0.4, -0.2) is 21.3 Å². The lowest BCUT2D eigenvalue weighted by Gasteiger charge is -1.95. The first-order valence-corrected chi connectivity index (χ1v) is 8.81. The fraction of sp³-hybridized carbons (Fsp3) is 0. The molecule has 0 bridgehead atoms. The highest BCUT2D eigenvalue weighted by Gasteiger charge is 2.16. The van der Waals surface area contributed by atoms with Crippen LogP contribution < -0.4 is 5.32 Å². The molecule has 0 aliphatic heterocycles. The maximum atomic E-state index is 12.3. The number of benzene rings is 2. The van der Waals surface area contributed by atoms with Gasteiger partial charge in [-0.15, -0.1) is 10.2 Å². The Labute approximate surface area is 157 Å². The van der Waals surface area contributed by atoms with Crippen LogP contribution in [0.3, 0.4) is 0 Å². The van der Waals surface area contributed by atoms with Gasteiger partial charge in [-0.1, -0.05) is 58.4 Å². The summed E-state index contributed by atoms with van der Waals surface area (Å²) in [5.74, 6) is 0.0683. The van der Waals surface area contributed by atoms with Crippen LogP contribution in [0.25, 0.3) is 21.9 Å². The van der Waals surface area contributed by atoms with Crippen molar-refractivity contribution < 1.29 is 9.32 Å². The Balaban J connectivity index is 1.49. The van der Waals surface area contributed by atoms with Crippen LogP contribution in [0.2, 0.25) is 5.02 Å². The molecule has 6 nitrogen and oxygen atoms in total. The standard InChI is InChI=1S/C18H11ClN4O2S/c19-13-8-6-11(7-9-13)15-10-14(23-25-15)16(24)20-18-22-21-17(26-18)12-4-2-1-3-5-12/h1-10H,(H,20,22,24). The van der Waals surface area contributed by atoms with Crippen molar-refractivity contribution in [2.45, 2.75) is 0 Å². The van der Waals surface area contributed by atoms with Crippen LogP contribution in [0.15, 0.2) is 65.2 Å². The largest absolute Gasteiger partial charge is 0.355 e. The normalized spacial score (nSPS) is 10.7. The van der Waals surface area contributed by atoms with Crippen LogP contribution in [0, 0.1) is 0 Å². The zero-order valence-corrected chi connectivity index (χ0v) is 14.8. The van der Waals surface area contributed by atoms with Crippen molar-refractivity contribution in [2.24, 2.45) is 0 Å². The van der Waals surface area contributed by atoms with Gasteiger partial charge in [0.2, 0.25) is 5.13 Å². The summed E-state index contributed by atoms with van der Waals surface area (Å²) in [5.41, 5.74) is 1.88. The van der Waals surface area contributed by atoms with E-state index in [1.807, 2.05) is 30.3 Å². The second-order valence-electron chi connectivity index (χ2n) is 5.32. The molecule has 0 saturated carbocycles. The molecule has 8 heteroatoms. The summed E-state index contributed by atoms with van der Waals surface area (Å²) in [6.07, 6.45) is 0. The third-order valence-corrected chi connectivity index (χ3v) is 4.68. The highest BCUT2D eigenvalue weighted by atomic mass is 35.5. The molecule has 0 fully saturated rings. The van der Waals surface area contributed by atoms with Gasteiger partial charge in [-0.3, -0.25) is 10.1 Å². The average Bonchev–Trinajstić information content (AvgIpc) is 3.33. The Bertz CT molecular complexity index is 1040. The van der Waals surface area contributed by atoms with E-state index in [0.717, 1.165) is 16.1 Å². The number of halogens is 1. The van der Waals surface area contributed by atoms with Gasteiger partial charge in [-0.25, -0.2) is 0 Å². The van der Waals surface area contributed by atoms with Crippen molar-refractivity contribution in [3.05, 3.63) is 71.4 Å². The Kier molecular flexibility index (Phi) is 4.47. The van der Waals surface area contributed by atoms with E-state index in [2.05, 4.69) is 20.7 Å². The number of rotatable bonds is 4. The highest BCUT2D eigenvalue weighted by molar-refractivity contribution is 7.18. The molecule has 4 rings (SSSR count). The summed E-state index contributed by atoms with van der Waals surface area (Å²) in [6.45, 7) is 0. The molecule has 2 aromatic heterocycles. The first-order valence-electron chi connectivity index (χ1n) is 7.62. The molecule has 0 atom stereocenters. The summed E-state index contributed by atoms with van der Waals surface area (Å²) in [4.78, 5) is 12.3. The van der Waals surface area contributed by atoms with Crippen LogP contribution in [0.1, 0.15) is 10.5 Å². The first-order chi connectivity index (χ1) is 12.7. The fourth-order valence-electron chi connectivity index (χ4n) is 2.26. The SMILES string of the molecule is O=C(Nc1nnc(-c2ccccc2)s1)c1cc(-c2ccc(Cl)cc2)on1. The predicted molar refractivity (Wildman–Crippen MR) is 100 cm³/mol. The van der Waals surface area contributed by atoms with Crippen molar-refractivity contribution in [1.29, 1.82) is 0 Å². The molecule has 0 aliphatic rings. The van der Waals surface area contributed by atoms with E-state index in [1.165, 1.54) is 11.3 Å². The van der Waals surface area contributed by atoms with Crippen LogP contribution in [0.5, 0.6) is 0 Å². The lowest BCUT2D eigenvalue weighted by atomic mass is 10.1. The van der Waals surface area contributed by atoms with Crippen molar-refractivity contribution in [2.75, 3.05) is 5.32 Å². The van der Waals surface area contributed by atoms with E-state index < -0.39 is 5.91 Å². The van der Waals surface area contributed by atoms with Crippen molar-refractivity contribution in [3.8, 4) is 21.9 Å². The summed E-state index contributed by atoms with van der Waals surface area (Å²) in [5, 5.41) is 16.3. The topological polar surface area (TPSA) is 80.9 Å². The Morgan fingerprint density at radius 3 is 2.54 bits per heavy atom. The number of anilines is 1. The quantitative estimate of drug-likeness (QED) is 0.550. The van der Waals surface area contributed by atoms with Crippen molar-refractivity contribution in [1.82, 2.24) is 15.4 Å². The summed E-state index contributed by atoms with van der Waals surface area (Å²) >= 11 is 7.16. The molecule has 2 aromatic carbocycles. The molecule has 128 valence electrons. The first kappa shape index (κ1) is 16.4. The van der Waals surface area contributed by atoms with Crippen LogP contribution >= 0.6 is 22.9 Å². The fourth-order valence-corrected chi connectivity index (χ4v) is 3.13. The number of nitrogens with one attached hydrogen (secondary N) is 1. The molecule has 4 aromatic rings. The summed E-state index contributed by atoms with van der Waals surface area (Å²) in [6, 6.07) is 18.3.